The number of anilines is 1. The first kappa shape index (κ1) is 19.8. The maximum Gasteiger partial charge on any atom is 0.312 e. The lowest BCUT2D eigenvalue weighted by atomic mass is 9.94. The highest BCUT2D eigenvalue weighted by atomic mass is 19.2. The van der Waals surface area contributed by atoms with E-state index in [0.717, 1.165) is 12.1 Å². The van der Waals surface area contributed by atoms with Crippen LogP contribution in [0.4, 0.5) is 19.5 Å². The largest absolute Gasteiger partial charge is 0.480 e. The van der Waals surface area contributed by atoms with Gasteiger partial charge < -0.3 is 25.3 Å². The number of carbonyl (C=O) groups is 1. The number of hydrogen-bond acceptors (Lipinski definition) is 6. The monoisotopic (exact) mass is 417 g/mol. The van der Waals surface area contributed by atoms with Gasteiger partial charge in [0.15, 0.2) is 11.6 Å². The molecule has 2 amide bonds. The number of aromatic nitrogens is 4. The van der Waals surface area contributed by atoms with Crippen LogP contribution in [0.3, 0.4) is 0 Å². The van der Waals surface area contributed by atoms with E-state index in [-0.39, 0.29) is 23.0 Å². The van der Waals surface area contributed by atoms with Crippen molar-refractivity contribution in [2.75, 3.05) is 18.6 Å². The maximum absolute atomic E-state index is 13.8. The third kappa shape index (κ3) is 3.58. The van der Waals surface area contributed by atoms with Crippen molar-refractivity contribution in [3.63, 3.8) is 0 Å². The summed E-state index contributed by atoms with van der Waals surface area (Å²) in [7, 11) is 3.31. The summed E-state index contributed by atoms with van der Waals surface area (Å²) in [5.74, 6) is -1.13. The summed E-state index contributed by atoms with van der Waals surface area (Å²) < 4.78 is 34.8. The second kappa shape index (κ2) is 7.73. The second-order valence-electron chi connectivity index (χ2n) is 7.15. The lowest BCUT2D eigenvalue weighted by Gasteiger charge is -2.39. The molecule has 3 aromatic rings. The van der Waals surface area contributed by atoms with Gasteiger partial charge in [-0.05, 0) is 12.8 Å². The zero-order chi connectivity index (χ0) is 21.4. The second-order valence-corrected chi connectivity index (χ2v) is 7.15. The zero-order valence-electron chi connectivity index (χ0n) is 16.5. The van der Waals surface area contributed by atoms with E-state index in [9.17, 15) is 13.6 Å². The van der Waals surface area contributed by atoms with Crippen LogP contribution in [0.5, 0.6) is 5.88 Å². The maximum atomic E-state index is 13.8. The molecule has 11 heteroatoms. The van der Waals surface area contributed by atoms with E-state index in [1.807, 2.05) is 22.7 Å². The molecular weight excluding hydrogens is 396 g/mol. The summed E-state index contributed by atoms with van der Waals surface area (Å²) in [6, 6.07) is 0.790. The van der Waals surface area contributed by atoms with E-state index < -0.39 is 23.7 Å². The van der Waals surface area contributed by atoms with E-state index >= 15 is 0 Å². The third-order valence-electron chi connectivity index (χ3n) is 5.21. The lowest BCUT2D eigenvalue weighted by Crippen LogP contribution is -2.48. The van der Waals surface area contributed by atoms with Crippen molar-refractivity contribution in [2.45, 2.75) is 24.9 Å². The van der Waals surface area contributed by atoms with E-state index in [4.69, 9.17) is 10.5 Å². The van der Waals surface area contributed by atoms with Crippen molar-refractivity contribution in [3.05, 3.63) is 41.9 Å². The summed E-state index contributed by atoms with van der Waals surface area (Å²) in [4.78, 5) is 26.7. The van der Waals surface area contributed by atoms with Crippen LogP contribution in [0.25, 0.3) is 11.0 Å². The first-order valence-corrected chi connectivity index (χ1v) is 9.38. The van der Waals surface area contributed by atoms with Gasteiger partial charge >= 0.3 is 6.03 Å². The fourth-order valence-corrected chi connectivity index (χ4v) is 3.85. The summed E-state index contributed by atoms with van der Waals surface area (Å²) >= 11 is 0. The predicted octanol–water partition coefficient (Wildman–Crippen LogP) is 2.03. The molecule has 4 rings (SSSR count). The smallest absolute Gasteiger partial charge is 0.312 e. The first-order valence-electron chi connectivity index (χ1n) is 9.38. The number of carbonyl (C=O) groups excluding carboxylic acids is 1. The number of nitrogens with zero attached hydrogens (tertiary/aromatic N) is 5. The van der Waals surface area contributed by atoms with Gasteiger partial charge in [-0.3, -0.25) is 0 Å². The Morgan fingerprint density at radius 2 is 1.97 bits per heavy atom. The number of nitrogens with two attached hydrogens (primary N) is 1. The van der Waals surface area contributed by atoms with Crippen LogP contribution in [0.2, 0.25) is 0 Å². The van der Waals surface area contributed by atoms with Crippen LogP contribution >= 0.6 is 0 Å². The number of nitrogens with one attached hydrogen (secondary N) is 1. The molecule has 1 fully saturated rings. The Labute approximate surface area is 170 Å². The molecule has 1 aliphatic heterocycles. The molecule has 2 unspecified atom stereocenters. The lowest BCUT2D eigenvalue weighted by molar-refractivity contribution is 0.240. The number of ether oxygens (including phenoxy) is 1. The van der Waals surface area contributed by atoms with Gasteiger partial charge in [-0.2, -0.15) is 0 Å². The molecule has 2 aromatic heterocycles. The molecule has 0 spiro atoms. The fraction of sp³-hybridized carbons (Fsp3) is 0.368. The highest BCUT2D eigenvalue weighted by molar-refractivity contribution is 5.75. The zero-order valence-corrected chi connectivity index (χ0v) is 16.5. The van der Waals surface area contributed by atoms with Crippen molar-refractivity contribution < 1.29 is 18.3 Å². The summed E-state index contributed by atoms with van der Waals surface area (Å²) in [6.07, 6.45) is 4.61. The average molecular weight is 417 g/mol. The number of piperidine rings is 1. The molecule has 0 bridgehead atoms. The molecule has 30 heavy (non-hydrogen) atoms. The Bertz CT molecular complexity index is 1100. The minimum atomic E-state index is -1.01. The normalized spacial score (nSPS) is 19.1. The Morgan fingerprint density at radius 1 is 1.27 bits per heavy atom. The number of imidazole rings is 1. The van der Waals surface area contributed by atoms with Crippen LogP contribution in [-0.2, 0) is 7.05 Å². The first-order chi connectivity index (χ1) is 14.4. The Hall–Kier alpha value is -3.50. The SMILES string of the molecule is COc1nc2cc(F)c(F)cc2nc1C1CC(NC(N)=O)CCN1c1nccn1C. The fourth-order valence-electron chi connectivity index (χ4n) is 3.85. The van der Waals surface area contributed by atoms with Crippen molar-refractivity contribution in [3.8, 4) is 5.88 Å². The Kier molecular flexibility index (Phi) is 5.10. The number of amides is 2. The van der Waals surface area contributed by atoms with Crippen molar-refractivity contribution in [1.82, 2.24) is 24.8 Å². The number of benzene rings is 1. The van der Waals surface area contributed by atoms with Gasteiger partial charge in [-0.15, -0.1) is 0 Å². The summed E-state index contributed by atoms with van der Waals surface area (Å²) in [6.45, 7) is 0.557. The van der Waals surface area contributed by atoms with Crippen LogP contribution in [0.1, 0.15) is 24.6 Å². The molecular formula is C19H21F2N7O2. The topological polar surface area (TPSA) is 111 Å². The number of fused-ring (bicyclic) bond motifs is 1. The Morgan fingerprint density at radius 3 is 2.57 bits per heavy atom. The summed E-state index contributed by atoms with van der Waals surface area (Å²) in [5, 5.41) is 2.74. The highest BCUT2D eigenvalue weighted by Gasteiger charge is 2.35. The van der Waals surface area contributed by atoms with Crippen LogP contribution in [0, 0.1) is 11.6 Å². The minimum absolute atomic E-state index is 0.181. The summed E-state index contributed by atoms with van der Waals surface area (Å²) in [5.41, 5.74) is 6.14. The molecule has 1 aliphatic rings. The molecule has 3 heterocycles. The van der Waals surface area contributed by atoms with Gasteiger partial charge in [0.25, 0.3) is 0 Å². The number of urea groups is 1. The quantitative estimate of drug-likeness (QED) is 0.672. The molecule has 9 nitrogen and oxygen atoms in total. The number of halogens is 2. The van der Waals surface area contributed by atoms with Crippen molar-refractivity contribution in [2.24, 2.45) is 12.8 Å². The Balaban J connectivity index is 1.83. The van der Waals surface area contributed by atoms with E-state index in [1.54, 1.807) is 6.20 Å². The minimum Gasteiger partial charge on any atom is -0.480 e. The predicted molar refractivity (Wildman–Crippen MR) is 105 cm³/mol. The van der Waals surface area contributed by atoms with E-state index in [2.05, 4.69) is 20.3 Å². The standard InChI is InChI=1S/C19H21F2N7O2/c1-27-6-4-23-19(27)28-5-3-10(24-18(22)29)7-15(28)16-17(30-2)26-14-9-12(21)11(20)8-13(14)25-16/h4,6,8-10,15H,3,5,7H2,1-2H3,(H3,22,24,29). The number of primary amides is 1. The molecule has 0 saturated carbocycles. The number of aryl methyl sites for hydroxylation is 1. The number of rotatable bonds is 4. The van der Waals surface area contributed by atoms with Crippen molar-refractivity contribution >= 4 is 23.0 Å². The van der Waals surface area contributed by atoms with Crippen molar-refractivity contribution in [1.29, 1.82) is 0 Å². The third-order valence-corrected chi connectivity index (χ3v) is 5.21. The van der Waals surface area contributed by atoms with Crippen LogP contribution in [-0.4, -0.2) is 45.2 Å². The number of hydrogen-bond donors (Lipinski definition) is 2. The van der Waals surface area contributed by atoms with Gasteiger partial charge in [0, 0.05) is 44.2 Å². The number of methoxy groups -OCH3 is 1. The molecule has 0 radical (unpaired) electrons. The van der Waals surface area contributed by atoms with Gasteiger partial charge in [0.2, 0.25) is 11.8 Å². The van der Waals surface area contributed by atoms with Gasteiger partial charge in [-0.1, -0.05) is 0 Å². The molecule has 1 saturated heterocycles. The molecule has 2 atom stereocenters. The average Bonchev–Trinajstić information content (AvgIpc) is 3.13. The molecule has 0 aliphatic carbocycles. The van der Waals surface area contributed by atoms with E-state index in [0.29, 0.717) is 31.0 Å². The highest BCUT2D eigenvalue weighted by Crippen LogP contribution is 2.37. The van der Waals surface area contributed by atoms with Gasteiger partial charge in [0.1, 0.15) is 5.69 Å². The van der Waals surface area contributed by atoms with Crippen LogP contribution < -0.4 is 20.7 Å². The molecule has 158 valence electrons. The molecule has 1 aromatic carbocycles. The van der Waals surface area contributed by atoms with Gasteiger partial charge in [-0.25, -0.2) is 28.5 Å². The van der Waals surface area contributed by atoms with E-state index in [1.165, 1.54) is 7.11 Å². The van der Waals surface area contributed by atoms with Gasteiger partial charge in [0.05, 0.1) is 24.2 Å². The molecule has 3 N–H and O–H groups in total. The van der Waals surface area contributed by atoms with Crippen LogP contribution in [0.15, 0.2) is 24.5 Å².